The molecule has 36 heavy (non-hydrogen) atoms. The number of aromatic nitrogens is 3. The minimum absolute atomic E-state index is 0.00536. The summed E-state index contributed by atoms with van der Waals surface area (Å²) < 4.78 is 46.7. The molecule has 1 fully saturated rings. The fraction of sp³-hybridized carbons (Fsp3) is 0.333. The smallest absolute Gasteiger partial charge is 0.407 e. The monoisotopic (exact) mass is 495 g/mol. The van der Waals surface area contributed by atoms with Crippen molar-refractivity contribution in [2.24, 2.45) is 5.73 Å². The van der Waals surface area contributed by atoms with Crippen LogP contribution >= 0.6 is 0 Å². The number of alkyl halides is 3. The van der Waals surface area contributed by atoms with Gasteiger partial charge in [-0.2, -0.15) is 18.3 Å². The predicted octanol–water partition coefficient (Wildman–Crippen LogP) is 5.49. The average Bonchev–Trinajstić information content (AvgIpc) is 3.32. The summed E-state index contributed by atoms with van der Waals surface area (Å²) in [5.41, 5.74) is 8.97. The Morgan fingerprint density at radius 1 is 0.944 bits per heavy atom. The number of halogens is 3. The van der Waals surface area contributed by atoms with E-state index in [9.17, 15) is 13.2 Å². The van der Waals surface area contributed by atoms with E-state index in [1.54, 1.807) is 29.0 Å². The molecule has 188 valence electrons. The van der Waals surface area contributed by atoms with Crippen LogP contribution in [0, 0.1) is 0 Å². The van der Waals surface area contributed by atoms with Gasteiger partial charge >= 0.3 is 6.18 Å². The zero-order valence-electron chi connectivity index (χ0n) is 19.8. The van der Waals surface area contributed by atoms with Crippen LogP contribution < -0.4 is 10.5 Å². The molecule has 1 saturated heterocycles. The van der Waals surface area contributed by atoms with Crippen LogP contribution in [0.4, 0.5) is 13.2 Å². The second-order valence-corrected chi connectivity index (χ2v) is 9.09. The molecule has 0 spiro atoms. The number of hydrogen-bond donors (Lipinski definition) is 1. The normalized spacial score (nSPS) is 15.8. The van der Waals surface area contributed by atoms with Crippen LogP contribution in [-0.4, -0.2) is 51.9 Å². The van der Waals surface area contributed by atoms with Gasteiger partial charge < -0.3 is 10.5 Å². The Morgan fingerprint density at radius 3 is 2.47 bits per heavy atom. The maximum absolute atomic E-state index is 13.1. The number of rotatable bonds is 7. The van der Waals surface area contributed by atoms with E-state index in [4.69, 9.17) is 10.5 Å². The summed E-state index contributed by atoms with van der Waals surface area (Å²) in [5.74, 6) is 0.822. The SMILES string of the molecule is NC(c1cccc(-c2cnn3cc(-c4ccc(OCCN5CCCCC5)cc4)cnc23)c1)C(F)(F)F. The lowest BCUT2D eigenvalue weighted by atomic mass is 10.0. The molecular weight excluding hydrogens is 467 g/mol. The van der Waals surface area contributed by atoms with Crippen LogP contribution in [0.25, 0.3) is 27.9 Å². The summed E-state index contributed by atoms with van der Waals surface area (Å²) in [5, 5.41) is 4.38. The lowest BCUT2D eigenvalue weighted by Gasteiger charge is -2.26. The highest BCUT2D eigenvalue weighted by Gasteiger charge is 2.37. The molecule has 1 unspecified atom stereocenters. The van der Waals surface area contributed by atoms with Crippen molar-refractivity contribution < 1.29 is 17.9 Å². The van der Waals surface area contributed by atoms with Crippen LogP contribution in [-0.2, 0) is 0 Å². The summed E-state index contributed by atoms with van der Waals surface area (Å²) in [6, 6.07) is 11.9. The predicted molar refractivity (Wildman–Crippen MR) is 133 cm³/mol. The number of ether oxygens (including phenoxy) is 1. The van der Waals surface area contributed by atoms with Crippen LogP contribution in [0.15, 0.2) is 67.1 Å². The highest BCUT2D eigenvalue weighted by molar-refractivity contribution is 5.78. The lowest BCUT2D eigenvalue weighted by Crippen LogP contribution is -2.33. The van der Waals surface area contributed by atoms with Crippen molar-refractivity contribution in [1.29, 1.82) is 0 Å². The van der Waals surface area contributed by atoms with Gasteiger partial charge in [0.1, 0.15) is 18.4 Å². The van der Waals surface area contributed by atoms with E-state index in [0.717, 1.165) is 36.5 Å². The number of likely N-dealkylation sites (tertiary alicyclic amines) is 1. The second-order valence-electron chi connectivity index (χ2n) is 9.09. The first-order valence-corrected chi connectivity index (χ1v) is 12.1. The molecule has 0 amide bonds. The molecule has 2 aromatic heterocycles. The van der Waals surface area contributed by atoms with Gasteiger partial charge in [0.05, 0.1) is 6.20 Å². The third-order valence-electron chi connectivity index (χ3n) is 6.58. The minimum Gasteiger partial charge on any atom is -0.492 e. The quantitative estimate of drug-likeness (QED) is 0.367. The molecule has 0 radical (unpaired) electrons. The van der Waals surface area contributed by atoms with Gasteiger partial charge in [-0.15, -0.1) is 0 Å². The highest BCUT2D eigenvalue weighted by Crippen LogP contribution is 2.33. The number of hydrogen-bond acceptors (Lipinski definition) is 5. The zero-order chi connectivity index (χ0) is 25.1. The molecule has 1 aliphatic heterocycles. The molecule has 0 aliphatic carbocycles. The van der Waals surface area contributed by atoms with Crippen molar-refractivity contribution in [2.45, 2.75) is 31.5 Å². The van der Waals surface area contributed by atoms with E-state index in [1.165, 1.54) is 31.4 Å². The number of piperidine rings is 1. The molecule has 6 nitrogen and oxygen atoms in total. The average molecular weight is 496 g/mol. The number of benzene rings is 2. The fourth-order valence-corrected chi connectivity index (χ4v) is 4.54. The van der Waals surface area contributed by atoms with Gasteiger partial charge in [-0.3, -0.25) is 4.90 Å². The summed E-state index contributed by atoms with van der Waals surface area (Å²) in [6.45, 7) is 3.91. The third-order valence-corrected chi connectivity index (χ3v) is 6.58. The first-order chi connectivity index (χ1) is 17.4. The molecule has 2 aromatic carbocycles. The third kappa shape index (κ3) is 5.37. The largest absolute Gasteiger partial charge is 0.492 e. The molecule has 2 N–H and O–H groups in total. The Balaban J connectivity index is 1.29. The van der Waals surface area contributed by atoms with Crippen LogP contribution in [0.3, 0.4) is 0 Å². The Kier molecular flexibility index (Phi) is 6.93. The van der Waals surface area contributed by atoms with Crippen molar-refractivity contribution in [3.63, 3.8) is 0 Å². The van der Waals surface area contributed by atoms with Crippen molar-refractivity contribution in [3.05, 3.63) is 72.7 Å². The van der Waals surface area contributed by atoms with Crippen molar-refractivity contribution in [1.82, 2.24) is 19.5 Å². The molecule has 0 bridgehead atoms. The second kappa shape index (κ2) is 10.3. The molecule has 1 atom stereocenters. The Hall–Kier alpha value is -3.43. The van der Waals surface area contributed by atoms with Gasteiger partial charge in [0.15, 0.2) is 5.65 Å². The number of nitrogens with two attached hydrogens (primary N) is 1. The van der Waals surface area contributed by atoms with E-state index in [2.05, 4.69) is 15.0 Å². The first kappa shape index (κ1) is 24.3. The van der Waals surface area contributed by atoms with E-state index in [-0.39, 0.29) is 5.56 Å². The van der Waals surface area contributed by atoms with Crippen LogP contribution in [0.2, 0.25) is 0 Å². The highest BCUT2D eigenvalue weighted by atomic mass is 19.4. The fourth-order valence-electron chi connectivity index (χ4n) is 4.54. The molecule has 0 saturated carbocycles. The molecule has 5 rings (SSSR count). The summed E-state index contributed by atoms with van der Waals surface area (Å²) in [4.78, 5) is 6.99. The van der Waals surface area contributed by atoms with Crippen LogP contribution in [0.5, 0.6) is 5.75 Å². The van der Waals surface area contributed by atoms with Gasteiger partial charge in [-0.1, -0.05) is 36.8 Å². The van der Waals surface area contributed by atoms with Crippen molar-refractivity contribution in [3.8, 4) is 28.0 Å². The van der Waals surface area contributed by atoms with E-state index < -0.39 is 12.2 Å². The van der Waals surface area contributed by atoms with Gasteiger partial charge in [0.25, 0.3) is 0 Å². The van der Waals surface area contributed by atoms with Gasteiger partial charge in [0.2, 0.25) is 0 Å². The Labute approximate surface area is 207 Å². The van der Waals surface area contributed by atoms with Crippen molar-refractivity contribution >= 4 is 5.65 Å². The maximum Gasteiger partial charge on any atom is 0.407 e. The molecule has 9 heteroatoms. The van der Waals surface area contributed by atoms with Crippen molar-refractivity contribution in [2.75, 3.05) is 26.2 Å². The van der Waals surface area contributed by atoms with E-state index >= 15 is 0 Å². The topological polar surface area (TPSA) is 68.7 Å². The van der Waals surface area contributed by atoms with E-state index in [1.807, 2.05) is 30.5 Å². The molecule has 3 heterocycles. The van der Waals surface area contributed by atoms with Gasteiger partial charge in [-0.25, -0.2) is 9.50 Å². The summed E-state index contributed by atoms with van der Waals surface area (Å²) in [6.07, 6.45) is 4.53. The van der Waals surface area contributed by atoms with Crippen LogP contribution in [0.1, 0.15) is 30.9 Å². The number of fused-ring (bicyclic) bond motifs is 1. The Bertz CT molecular complexity index is 1310. The molecular formula is C27H28F3N5O. The van der Waals surface area contributed by atoms with Gasteiger partial charge in [0, 0.05) is 30.1 Å². The maximum atomic E-state index is 13.1. The molecule has 1 aliphatic rings. The lowest BCUT2D eigenvalue weighted by molar-refractivity contribution is -0.149. The Morgan fingerprint density at radius 2 is 1.72 bits per heavy atom. The standard InChI is InChI=1S/C27H28F3N5O/c28-27(29,30)25(31)21-6-4-5-20(15-21)24-17-33-35-18-22(16-32-26(24)35)19-7-9-23(10-8-19)36-14-13-34-11-2-1-3-12-34/h4-10,15-18,25H,1-3,11-14,31H2. The summed E-state index contributed by atoms with van der Waals surface area (Å²) >= 11 is 0. The summed E-state index contributed by atoms with van der Waals surface area (Å²) in [7, 11) is 0. The first-order valence-electron chi connectivity index (χ1n) is 12.1. The van der Waals surface area contributed by atoms with E-state index in [0.29, 0.717) is 23.4 Å². The van der Waals surface area contributed by atoms with Gasteiger partial charge in [-0.05, 0) is 60.8 Å². The zero-order valence-corrected chi connectivity index (χ0v) is 19.8. The number of nitrogens with zero attached hydrogens (tertiary/aromatic N) is 4. The molecule has 4 aromatic rings. The minimum atomic E-state index is -4.51.